The SMILES string of the molecule is COc1cc(C(=O)N(C)CC(CCN2CCC(Nc3nc4ccccc4n3CCN3CCOCC3)CC2)c2ccc(Cl)c(Cl)c2)cc(OC)c1OC. The van der Waals surface area contributed by atoms with Crippen LogP contribution in [0.4, 0.5) is 5.95 Å². The number of ether oxygens (including phenoxy) is 4. The van der Waals surface area contributed by atoms with E-state index in [1.165, 1.54) is 0 Å². The number of carbonyl (C=O) groups excluding carboxylic acids is 1. The predicted octanol–water partition coefficient (Wildman–Crippen LogP) is 6.52. The van der Waals surface area contributed by atoms with Crippen molar-refractivity contribution in [3.8, 4) is 17.2 Å². The largest absolute Gasteiger partial charge is 0.493 e. The second kappa shape index (κ2) is 17.9. The van der Waals surface area contributed by atoms with E-state index in [0.717, 1.165) is 101 Å². The zero-order valence-corrected chi connectivity index (χ0v) is 32.1. The smallest absolute Gasteiger partial charge is 0.253 e. The van der Waals surface area contributed by atoms with Gasteiger partial charge in [-0.25, -0.2) is 4.98 Å². The fraction of sp³-hybridized carbons (Fsp3) is 0.487. The lowest BCUT2D eigenvalue weighted by Gasteiger charge is -2.34. The number of halogens is 2. The van der Waals surface area contributed by atoms with Crippen LogP contribution in [0.15, 0.2) is 54.6 Å². The van der Waals surface area contributed by atoms with Crippen LogP contribution in [0.1, 0.15) is 41.1 Å². The first-order valence-corrected chi connectivity index (χ1v) is 18.8. The molecule has 4 aromatic rings. The number of hydrogen-bond acceptors (Lipinski definition) is 9. The summed E-state index contributed by atoms with van der Waals surface area (Å²) in [5.74, 6) is 2.15. The van der Waals surface area contributed by atoms with Crippen molar-refractivity contribution in [3.05, 3.63) is 75.8 Å². The molecule has 6 rings (SSSR count). The van der Waals surface area contributed by atoms with E-state index >= 15 is 0 Å². The minimum atomic E-state index is -0.146. The molecular formula is C39H50Cl2N6O5. The molecular weight excluding hydrogens is 703 g/mol. The number of carbonyl (C=O) groups is 1. The summed E-state index contributed by atoms with van der Waals surface area (Å²) in [7, 11) is 6.44. The van der Waals surface area contributed by atoms with Crippen LogP contribution in [0.3, 0.4) is 0 Å². The van der Waals surface area contributed by atoms with Gasteiger partial charge in [-0.15, -0.1) is 0 Å². The number of likely N-dealkylation sites (tertiary alicyclic amines) is 1. The Morgan fingerprint density at radius 2 is 1.60 bits per heavy atom. The summed E-state index contributed by atoms with van der Waals surface area (Å²) in [6.45, 7) is 8.72. The zero-order chi connectivity index (χ0) is 36.6. The van der Waals surface area contributed by atoms with Gasteiger partial charge in [0.15, 0.2) is 11.5 Å². The first-order chi connectivity index (χ1) is 25.3. The average molecular weight is 754 g/mol. The van der Waals surface area contributed by atoms with Crippen LogP contribution in [-0.2, 0) is 11.3 Å². The molecule has 1 atom stereocenters. The minimum absolute atomic E-state index is 0.0352. The molecule has 2 aliphatic rings. The molecule has 0 bridgehead atoms. The minimum Gasteiger partial charge on any atom is -0.493 e. The lowest BCUT2D eigenvalue weighted by molar-refractivity contribution is 0.0366. The molecule has 3 aromatic carbocycles. The van der Waals surface area contributed by atoms with E-state index in [0.29, 0.717) is 45.4 Å². The number of hydrogen-bond donors (Lipinski definition) is 1. The molecule has 52 heavy (non-hydrogen) atoms. The van der Waals surface area contributed by atoms with E-state index in [1.807, 2.05) is 25.2 Å². The van der Waals surface area contributed by atoms with Crippen LogP contribution in [-0.4, -0.2) is 124 Å². The van der Waals surface area contributed by atoms with Gasteiger partial charge >= 0.3 is 0 Å². The second-order valence-electron chi connectivity index (χ2n) is 13.5. The normalized spacial score (nSPS) is 16.5. The van der Waals surface area contributed by atoms with E-state index in [-0.39, 0.29) is 11.8 Å². The van der Waals surface area contributed by atoms with Crippen LogP contribution in [0.2, 0.25) is 10.0 Å². The fourth-order valence-corrected chi connectivity index (χ4v) is 7.57. The van der Waals surface area contributed by atoms with Crippen LogP contribution >= 0.6 is 23.2 Å². The maximum Gasteiger partial charge on any atom is 0.253 e. The molecule has 1 amide bonds. The number of amides is 1. The molecule has 2 fully saturated rings. The van der Waals surface area contributed by atoms with Crippen molar-refractivity contribution in [2.45, 2.75) is 37.8 Å². The summed E-state index contributed by atoms with van der Waals surface area (Å²) in [4.78, 5) is 25.5. The lowest BCUT2D eigenvalue weighted by atomic mass is 9.94. The molecule has 0 aliphatic carbocycles. The number of methoxy groups -OCH3 is 3. The van der Waals surface area contributed by atoms with Crippen molar-refractivity contribution in [1.29, 1.82) is 0 Å². The third-order valence-electron chi connectivity index (χ3n) is 10.3. The van der Waals surface area contributed by atoms with Gasteiger partial charge in [0, 0.05) is 70.4 Å². The molecule has 13 heteroatoms. The number of para-hydroxylation sites is 2. The number of aromatic nitrogens is 2. The van der Waals surface area contributed by atoms with E-state index in [4.69, 9.17) is 47.1 Å². The number of rotatable bonds is 15. The van der Waals surface area contributed by atoms with E-state index in [1.54, 1.807) is 38.4 Å². The average Bonchev–Trinajstić information content (AvgIpc) is 3.53. The molecule has 1 unspecified atom stereocenters. The molecule has 1 aromatic heterocycles. The lowest BCUT2D eigenvalue weighted by Crippen LogP contribution is -2.41. The van der Waals surface area contributed by atoms with E-state index < -0.39 is 0 Å². The molecule has 280 valence electrons. The Kier molecular flexibility index (Phi) is 13.0. The molecule has 2 aliphatic heterocycles. The Bertz CT molecular complexity index is 1780. The van der Waals surface area contributed by atoms with Gasteiger partial charge in [0.2, 0.25) is 11.7 Å². The third-order valence-corrected chi connectivity index (χ3v) is 11.0. The zero-order valence-electron chi connectivity index (χ0n) is 30.6. The highest BCUT2D eigenvalue weighted by molar-refractivity contribution is 6.42. The summed E-state index contributed by atoms with van der Waals surface area (Å²) in [5, 5.41) is 4.83. The molecule has 0 saturated carbocycles. The van der Waals surface area contributed by atoms with E-state index in [2.05, 4.69) is 43.9 Å². The summed E-state index contributed by atoms with van der Waals surface area (Å²) >= 11 is 12.8. The van der Waals surface area contributed by atoms with Gasteiger partial charge in [-0.3, -0.25) is 9.69 Å². The molecule has 3 heterocycles. The van der Waals surface area contributed by atoms with Crippen molar-refractivity contribution in [3.63, 3.8) is 0 Å². The van der Waals surface area contributed by atoms with Gasteiger partial charge in [-0.2, -0.15) is 0 Å². The number of piperidine rings is 1. The van der Waals surface area contributed by atoms with Crippen LogP contribution in [0, 0.1) is 0 Å². The highest BCUT2D eigenvalue weighted by Gasteiger charge is 2.26. The Hall–Kier alpha value is -3.74. The Morgan fingerprint density at radius 1 is 0.904 bits per heavy atom. The van der Waals surface area contributed by atoms with Gasteiger partial charge < -0.3 is 38.6 Å². The van der Waals surface area contributed by atoms with Gasteiger partial charge in [0.1, 0.15) is 0 Å². The van der Waals surface area contributed by atoms with Gasteiger partial charge in [-0.1, -0.05) is 41.4 Å². The summed E-state index contributed by atoms with van der Waals surface area (Å²) in [6, 6.07) is 17.9. The number of morpholine rings is 1. The van der Waals surface area contributed by atoms with Crippen LogP contribution in [0.5, 0.6) is 17.2 Å². The van der Waals surface area contributed by atoms with Crippen molar-refractivity contribution in [2.75, 3.05) is 92.7 Å². The Labute approximate surface area is 316 Å². The number of imidazole rings is 1. The number of nitrogens with zero attached hydrogens (tertiary/aromatic N) is 5. The molecule has 0 radical (unpaired) electrons. The standard InChI is InChI=1S/C39H50Cl2N6O5/c1-44(38(48)29-24-35(49-2)37(51-4)36(25-29)50-3)26-28(27-9-10-31(40)32(41)23-27)11-14-45-15-12-30(13-16-45)42-39-43-33-7-5-6-8-34(33)47(39)18-17-46-19-21-52-22-20-46/h5-10,23-25,28,30H,11-22,26H2,1-4H3,(H,42,43). The summed E-state index contributed by atoms with van der Waals surface area (Å²) < 4.78 is 24.3. The van der Waals surface area contributed by atoms with Crippen molar-refractivity contribution < 1.29 is 23.7 Å². The number of nitrogens with one attached hydrogen (secondary N) is 1. The molecule has 1 N–H and O–H groups in total. The Balaban J connectivity index is 1.09. The maximum atomic E-state index is 13.8. The van der Waals surface area contributed by atoms with E-state index in [9.17, 15) is 4.79 Å². The summed E-state index contributed by atoms with van der Waals surface area (Å²) in [5.41, 5.74) is 3.68. The van der Waals surface area contributed by atoms with Crippen molar-refractivity contribution in [1.82, 2.24) is 24.3 Å². The third kappa shape index (κ3) is 9.06. The van der Waals surface area contributed by atoms with Crippen LogP contribution in [0.25, 0.3) is 11.0 Å². The number of fused-ring (bicyclic) bond motifs is 1. The maximum absolute atomic E-state index is 13.8. The second-order valence-corrected chi connectivity index (χ2v) is 14.4. The van der Waals surface area contributed by atoms with Crippen LogP contribution < -0.4 is 19.5 Å². The highest BCUT2D eigenvalue weighted by Crippen LogP contribution is 2.39. The Morgan fingerprint density at radius 3 is 2.27 bits per heavy atom. The highest BCUT2D eigenvalue weighted by atomic mass is 35.5. The fourth-order valence-electron chi connectivity index (χ4n) is 7.27. The van der Waals surface area contributed by atoms with Gasteiger partial charge in [-0.05, 0) is 67.8 Å². The number of likely N-dealkylation sites (N-methyl/N-ethyl adjacent to an activating group) is 1. The molecule has 0 spiro atoms. The first-order valence-electron chi connectivity index (χ1n) is 18.0. The number of anilines is 1. The molecule has 11 nitrogen and oxygen atoms in total. The van der Waals surface area contributed by atoms with Gasteiger partial charge in [0.25, 0.3) is 5.91 Å². The summed E-state index contributed by atoms with van der Waals surface area (Å²) in [6.07, 6.45) is 2.88. The first kappa shape index (κ1) is 38.0. The monoisotopic (exact) mass is 752 g/mol. The number of benzene rings is 3. The van der Waals surface area contributed by atoms with Crippen molar-refractivity contribution in [2.24, 2.45) is 0 Å². The van der Waals surface area contributed by atoms with Crippen molar-refractivity contribution >= 4 is 46.1 Å². The quantitative estimate of drug-likeness (QED) is 0.146. The predicted molar refractivity (Wildman–Crippen MR) is 207 cm³/mol. The molecule has 2 saturated heterocycles. The topological polar surface area (TPSA) is 93.6 Å². The van der Waals surface area contributed by atoms with Gasteiger partial charge in [0.05, 0.1) is 55.6 Å².